The van der Waals surface area contributed by atoms with Crippen molar-refractivity contribution in [2.75, 3.05) is 31.1 Å². The third-order valence-electron chi connectivity index (χ3n) is 3.88. The number of hydrogen-bond acceptors (Lipinski definition) is 5. The maximum atomic E-state index is 12.2. The van der Waals surface area contributed by atoms with Gasteiger partial charge in [0, 0.05) is 44.0 Å². The molecule has 1 aromatic carbocycles. The van der Waals surface area contributed by atoms with Gasteiger partial charge in [-0.3, -0.25) is 10.1 Å². The molecule has 0 bridgehead atoms. The summed E-state index contributed by atoms with van der Waals surface area (Å²) in [6.07, 6.45) is 0.542. The van der Waals surface area contributed by atoms with Crippen LogP contribution in [0.15, 0.2) is 18.2 Å². The number of rotatable bonds is 2. The quantitative estimate of drug-likeness (QED) is 0.612. The van der Waals surface area contributed by atoms with Gasteiger partial charge in [-0.05, 0) is 45.7 Å². The number of hydrogen-bond donors (Lipinski definition) is 0. The molecule has 1 heterocycles. The molecular weight excluding hydrogens is 310 g/mol. The number of amides is 1. The second kappa shape index (κ2) is 7.07. The Kier molecular flexibility index (Phi) is 5.31. The van der Waals surface area contributed by atoms with E-state index in [2.05, 4.69) is 4.90 Å². The van der Waals surface area contributed by atoms with E-state index in [-0.39, 0.29) is 16.7 Å². The van der Waals surface area contributed by atoms with Crippen LogP contribution in [0.1, 0.15) is 32.8 Å². The molecule has 1 fully saturated rings. The summed E-state index contributed by atoms with van der Waals surface area (Å²) in [5.41, 5.74) is 1.45. The number of carbonyl (C=O) groups excluding carboxylic acids is 1. The van der Waals surface area contributed by atoms with Crippen molar-refractivity contribution in [2.24, 2.45) is 0 Å². The highest BCUT2D eigenvalue weighted by atomic mass is 16.6. The molecule has 1 aliphatic rings. The van der Waals surface area contributed by atoms with Crippen LogP contribution in [0.5, 0.6) is 0 Å². The predicted octanol–water partition coefficient (Wildman–Crippen LogP) is 3.35. The average Bonchev–Trinajstić information content (AvgIpc) is 2.71. The lowest BCUT2D eigenvalue weighted by Crippen LogP contribution is -2.39. The largest absolute Gasteiger partial charge is 0.444 e. The van der Waals surface area contributed by atoms with E-state index in [9.17, 15) is 14.9 Å². The lowest BCUT2D eigenvalue weighted by Gasteiger charge is -2.27. The fraction of sp³-hybridized carbons (Fsp3) is 0.588. The highest BCUT2D eigenvalue weighted by Gasteiger charge is 2.25. The summed E-state index contributed by atoms with van der Waals surface area (Å²) in [5.74, 6) is 0. The second-order valence-electron chi connectivity index (χ2n) is 7.04. The lowest BCUT2D eigenvalue weighted by atomic mass is 10.1. The zero-order valence-corrected chi connectivity index (χ0v) is 14.7. The lowest BCUT2D eigenvalue weighted by molar-refractivity contribution is -0.384. The van der Waals surface area contributed by atoms with E-state index in [1.807, 2.05) is 27.7 Å². The number of ether oxygens (including phenoxy) is 1. The van der Waals surface area contributed by atoms with E-state index in [1.165, 1.54) is 6.07 Å². The molecule has 7 nitrogen and oxygen atoms in total. The molecule has 0 saturated carbocycles. The Morgan fingerprint density at radius 3 is 2.50 bits per heavy atom. The first-order valence-corrected chi connectivity index (χ1v) is 8.15. The van der Waals surface area contributed by atoms with Crippen molar-refractivity contribution in [3.05, 3.63) is 33.9 Å². The Morgan fingerprint density at radius 1 is 1.21 bits per heavy atom. The summed E-state index contributed by atoms with van der Waals surface area (Å²) >= 11 is 0. The summed E-state index contributed by atoms with van der Waals surface area (Å²) in [4.78, 5) is 26.6. The summed E-state index contributed by atoms with van der Waals surface area (Å²) < 4.78 is 5.43. The van der Waals surface area contributed by atoms with Crippen molar-refractivity contribution in [3.63, 3.8) is 0 Å². The van der Waals surface area contributed by atoms with Crippen molar-refractivity contribution in [1.82, 2.24) is 4.90 Å². The summed E-state index contributed by atoms with van der Waals surface area (Å²) in [6.45, 7) is 10.2. The molecule has 0 aliphatic carbocycles. The molecule has 0 atom stereocenters. The van der Waals surface area contributed by atoms with Crippen LogP contribution in [0.3, 0.4) is 0 Å². The number of carbonyl (C=O) groups is 1. The fourth-order valence-corrected chi connectivity index (χ4v) is 2.78. The smallest absolute Gasteiger partial charge is 0.410 e. The first kappa shape index (κ1) is 18.0. The van der Waals surface area contributed by atoms with E-state index >= 15 is 0 Å². The van der Waals surface area contributed by atoms with Crippen LogP contribution in [-0.4, -0.2) is 47.7 Å². The topological polar surface area (TPSA) is 75.9 Å². The van der Waals surface area contributed by atoms with Crippen LogP contribution < -0.4 is 4.90 Å². The van der Waals surface area contributed by atoms with Gasteiger partial charge in [-0.1, -0.05) is 0 Å². The van der Waals surface area contributed by atoms with Gasteiger partial charge in [0.05, 0.1) is 4.92 Å². The number of nitro groups is 1. The number of aryl methyl sites for hydroxylation is 1. The number of non-ortho nitro benzene ring substituents is 1. The average molecular weight is 335 g/mol. The third kappa shape index (κ3) is 4.59. The first-order valence-electron chi connectivity index (χ1n) is 8.15. The molecule has 7 heteroatoms. The van der Waals surface area contributed by atoms with Crippen LogP contribution >= 0.6 is 0 Å². The van der Waals surface area contributed by atoms with Crippen LogP contribution in [0, 0.1) is 17.0 Å². The molecule has 1 amide bonds. The van der Waals surface area contributed by atoms with Gasteiger partial charge in [0.1, 0.15) is 5.60 Å². The monoisotopic (exact) mass is 335 g/mol. The molecule has 24 heavy (non-hydrogen) atoms. The van der Waals surface area contributed by atoms with Gasteiger partial charge in [0.2, 0.25) is 0 Å². The zero-order valence-electron chi connectivity index (χ0n) is 14.7. The van der Waals surface area contributed by atoms with Crippen molar-refractivity contribution in [2.45, 2.75) is 39.7 Å². The van der Waals surface area contributed by atoms with Gasteiger partial charge in [0.15, 0.2) is 0 Å². The molecule has 2 rings (SSSR count). The summed E-state index contributed by atoms with van der Waals surface area (Å²) in [6, 6.07) is 4.90. The molecule has 132 valence electrons. The minimum atomic E-state index is -0.502. The van der Waals surface area contributed by atoms with Gasteiger partial charge in [-0.15, -0.1) is 0 Å². The van der Waals surface area contributed by atoms with Gasteiger partial charge in [-0.25, -0.2) is 4.79 Å². The van der Waals surface area contributed by atoms with Gasteiger partial charge >= 0.3 is 6.09 Å². The van der Waals surface area contributed by atoms with Gasteiger partial charge in [0.25, 0.3) is 5.69 Å². The van der Waals surface area contributed by atoms with Gasteiger partial charge in [-0.2, -0.15) is 0 Å². The van der Waals surface area contributed by atoms with Crippen LogP contribution in [0.2, 0.25) is 0 Å². The highest BCUT2D eigenvalue weighted by Crippen LogP contribution is 2.26. The second-order valence-corrected chi connectivity index (χ2v) is 7.04. The van der Waals surface area contributed by atoms with Crippen LogP contribution in [-0.2, 0) is 4.74 Å². The molecule has 0 spiro atoms. The Labute approximate surface area is 142 Å². The van der Waals surface area contributed by atoms with Crippen molar-refractivity contribution in [3.8, 4) is 0 Å². The van der Waals surface area contributed by atoms with Crippen LogP contribution in [0.25, 0.3) is 0 Å². The maximum Gasteiger partial charge on any atom is 0.410 e. The van der Waals surface area contributed by atoms with Crippen molar-refractivity contribution in [1.29, 1.82) is 0 Å². The molecule has 0 unspecified atom stereocenters. The van der Waals surface area contributed by atoms with E-state index < -0.39 is 5.60 Å². The van der Waals surface area contributed by atoms with E-state index in [1.54, 1.807) is 17.0 Å². The molecule has 1 aliphatic heterocycles. The number of anilines is 1. The Balaban J connectivity index is 2.05. The van der Waals surface area contributed by atoms with Crippen molar-refractivity contribution < 1.29 is 14.5 Å². The minimum Gasteiger partial charge on any atom is -0.444 e. The predicted molar refractivity (Wildman–Crippen MR) is 92.5 cm³/mol. The molecule has 0 aromatic heterocycles. The number of nitro benzene ring substituents is 1. The Hall–Kier alpha value is -2.31. The molecule has 1 saturated heterocycles. The maximum absolute atomic E-state index is 12.2. The standard InChI is InChI=1S/C17H25N3O4/c1-13-12-14(20(22)23)6-7-15(13)18-8-5-9-19(11-10-18)16(21)24-17(2,3)4/h6-7,12H,5,8-11H2,1-4H3. The minimum absolute atomic E-state index is 0.0986. The van der Waals surface area contributed by atoms with E-state index in [4.69, 9.17) is 4.74 Å². The Bertz CT molecular complexity index is 625. The first-order chi connectivity index (χ1) is 11.2. The molecule has 1 aromatic rings. The van der Waals surface area contributed by atoms with Gasteiger partial charge < -0.3 is 14.5 Å². The number of nitrogens with zero attached hydrogens (tertiary/aromatic N) is 3. The normalized spacial score (nSPS) is 15.8. The summed E-state index contributed by atoms with van der Waals surface area (Å²) in [5, 5.41) is 10.9. The highest BCUT2D eigenvalue weighted by molar-refractivity contribution is 5.68. The third-order valence-corrected chi connectivity index (χ3v) is 3.88. The Morgan fingerprint density at radius 2 is 1.92 bits per heavy atom. The molecule has 0 N–H and O–H groups in total. The number of benzene rings is 1. The van der Waals surface area contributed by atoms with E-state index in [0.29, 0.717) is 19.6 Å². The van der Waals surface area contributed by atoms with Crippen molar-refractivity contribution >= 4 is 17.5 Å². The molecular formula is C17H25N3O4. The summed E-state index contributed by atoms with van der Waals surface area (Å²) in [7, 11) is 0. The fourth-order valence-electron chi connectivity index (χ4n) is 2.78. The zero-order chi connectivity index (χ0) is 17.9. The van der Waals surface area contributed by atoms with Crippen LogP contribution in [0.4, 0.5) is 16.2 Å². The SMILES string of the molecule is Cc1cc([N+](=O)[O-])ccc1N1CCCN(C(=O)OC(C)(C)C)CC1. The molecule has 0 radical (unpaired) electrons. The van der Waals surface area contributed by atoms with E-state index in [0.717, 1.165) is 24.2 Å².